The lowest BCUT2D eigenvalue weighted by Crippen LogP contribution is -2.11. The Morgan fingerprint density at radius 3 is 2.75 bits per heavy atom. The highest BCUT2D eigenvalue weighted by Crippen LogP contribution is 2.04. The smallest absolute Gasteiger partial charge is 0.0681 e. The average Bonchev–Trinajstić information content (AvgIpc) is 2.15. The van der Waals surface area contributed by atoms with E-state index in [0.717, 1.165) is 18.7 Å². The van der Waals surface area contributed by atoms with Crippen molar-refractivity contribution < 1.29 is 5.11 Å². The number of nitrogens with one attached hydrogen (secondary N) is 1. The highest BCUT2D eigenvalue weighted by molar-refractivity contribution is 5.22. The molecule has 0 amide bonds. The first-order valence-corrected chi connectivity index (χ1v) is 4.26. The van der Waals surface area contributed by atoms with Crippen LogP contribution in [0.3, 0.4) is 0 Å². The van der Waals surface area contributed by atoms with Gasteiger partial charge in [-0.2, -0.15) is 0 Å². The predicted octanol–water partition coefficient (Wildman–Crippen LogP) is 1.29. The summed E-state index contributed by atoms with van der Waals surface area (Å²) in [6, 6.07) is 7.97. The van der Waals surface area contributed by atoms with E-state index in [1.54, 1.807) is 0 Å². The Kier molecular flexibility index (Phi) is 3.77. The van der Waals surface area contributed by atoms with Gasteiger partial charge in [0.2, 0.25) is 0 Å². The summed E-state index contributed by atoms with van der Waals surface area (Å²) in [5.41, 5.74) is 2.20. The second-order valence-electron chi connectivity index (χ2n) is 2.76. The van der Waals surface area contributed by atoms with Gasteiger partial charge in [-0.05, 0) is 17.7 Å². The summed E-state index contributed by atoms with van der Waals surface area (Å²) in [7, 11) is 0. The molecule has 1 aromatic carbocycles. The molecule has 1 aromatic rings. The summed E-state index contributed by atoms with van der Waals surface area (Å²) in [6.45, 7) is 4.06. The van der Waals surface area contributed by atoms with Crippen molar-refractivity contribution in [2.24, 2.45) is 0 Å². The minimum absolute atomic E-state index is 0.125. The number of benzene rings is 1. The Morgan fingerprint density at radius 2 is 2.08 bits per heavy atom. The van der Waals surface area contributed by atoms with Gasteiger partial charge in [0.05, 0.1) is 6.61 Å². The summed E-state index contributed by atoms with van der Waals surface area (Å²) in [5.74, 6) is 0. The molecule has 2 heteroatoms. The van der Waals surface area contributed by atoms with Crippen LogP contribution in [0.4, 0.5) is 0 Å². The van der Waals surface area contributed by atoms with Gasteiger partial charge in [-0.1, -0.05) is 31.2 Å². The van der Waals surface area contributed by atoms with Gasteiger partial charge in [0.25, 0.3) is 0 Å². The zero-order valence-corrected chi connectivity index (χ0v) is 7.38. The van der Waals surface area contributed by atoms with E-state index in [0.29, 0.717) is 0 Å². The Hall–Kier alpha value is -0.860. The summed E-state index contributed by atoms with van der Waals surface area (Å²) in [5, 5.41) is 12.1. The molecule has 66 valence electrons. The zero-order valence-electron chi connectivity index (χ0n) is 7.38. The molecule has 0 fully saturated rings. The van der Waals surface area contributed by atoms with Gasteiger partial charge in [0, 0.05) is 6.54 Å². The van der Waals surface area contributed by atoms with Crippen LogP contribution in [-0.4, -0.2) is 11.7 Å². The van der Waals surface area contributed by atoms with Crippen molar-refractivity contribution in [3.05, 3.63) is 35.4 Å². The van der Waals surface area contributed by atoms with E-state index in [2.05, 4.69) is 18.3 Å². The van der Waals surface area contributed by atoms with E-state index in [-0.39, 0.29) is 6.61 Å². The molecule has 0 aliphatic rings. The summed E-state index contributed by atoms with van der Waals surface area (Å²) >= 11 is 0. The topological polar surface area (TPSA) is 32.3 Å². The monoisotopic (exact) mass is 165 g/mol. The molecule has 0 aliphatic heterocycles. The van der Waals surface area contributed by atoms with Crippen LogP contribution in [0.1, 0.15) is 18.1 Å². The van der Waals surface area contributed by atoms with Crippen LogP contribution in [0, 0.1) is 0 Å². The van der Waals surface area contributed by atoms with Crippen LogP contribution in [-0.2, 0) is 13.2 Å². The molecule has 1 rings (SSSR count). The molecule has 0 radical (unpaired) electrons. The highest BCUT2D eigenvalue weighted by atomic mass is 16.3. The molecule has 0 bridgehead atoms. The highest BCUT2D eigenvalue weighted by Gasteiger charge is 1.93. The van der Waals surface area contributed by atoms with Crippen molar-refractivity contribution in [3.63, 3.8) is 0 Å². The van der Waals surface area contributed by atoms with Crippen LogP contribution in [0.2, 0.25) is 0 Å². The quantitative estimate of drug-likeness (QED) is 0.704. The molecule has 0 aliphatic carbocycles. The predicted molar refractivity (Wildman–Crippen MR) is 49.7 cm³/mol. The van der Waals surface area contributed by atoms with E-state index in [4.69, 9.17) is 5.11 Å². The molecule has 0 heterocycles. The molecule has 2 nitrogen and oxygen atoms in total. The van der Waals surface area contributed by atoms with Gasteiger partial charge in [-0.25, -0.2) is 0 Å². The molecule has 0 unspecified atom stereocenters. The van der Waals surface area contributed by atoms with Crippen molar-refractivity contribution in [1.82, 2.24) is 5.32 Å². The lowest BCUT2D eigenvalue weighted by atomic mass is 10.1. The largest absolute Gasteiger partial charge is 0.392 e. The molecular formula is C10H15NO. The second-order valence-corrected chi connectivity index (χ2v) is 2.76. The number of rotatable bonds is 4. The van der Waals surface area contributed by atoms with Crippen LogP contribution >= 0.6 is 0 Å². The van der Waals surface area contributed by atoms with Crippen molar-refractivity contribution in [3.8, 4) is 0 Å². The van der Waals surface area contributed by atoms with Gasteiger partial charge < -0.3 is 10.4 Å². The van der Waals surface area contributed by atoms with Crippen LogP contribution in [0.25, 0.3) is 0 Å². The van der Waals surface area contributed by atoms with Crippen molar-refractivity contribution >= 4 is 0 Å². The number of hydrogen-bond acceptors (Lipinski definition) is 2. The Balaban J connectivity index is 2.60. The fourth-order valence-corrected chi connectivity index (χ4v) is 1.11. The Bertz CT molecular complexity index is 235. The lowest BCUT2D eigenvalue weighted by molar-refractivity contribution is 0.281. The van der Waals surface area contributed by atoms with Gasteiger partial charge >= 0.3 is 0 Å². The third-order valence-corrected chi connectivity index (χ3v) is 1.75. The van der Waals surface area contributed by atoms with E-state index in [9.17, 15) is 0 Å². The summed E-state index contributed by atoms with van der Waals surface area (Å²) in [4.78, 5) is 0. The second kappa shape index (κ2) is 4.91. The molecule has 0 saturated heterocycles. The minimum atomic E-state index is 0.125. The minimum Gasteiger partial charge on any atom is -0.392 e. The summed E-state index contributed by atoms with van der Waals surface area (Å²) in [6.07, 6.45) is 0. The fraction of sp³-hybridized carbons (Fsp3) is 0.400. The Morgan fingerprint density at radius 1 is 1.33 bits per heavy atom. The number of aliphatic hydroxyl groups excluding tert-OH is 1. The molecular weight excluding hydrogens is 150 g/mol. The maximum Gasteiger partial charge on any atom is 0.0681 e. The van der Waals surface area contributed by atoms with E-state index < -0.39 is 0 Å². The average molecular weight is 165 g/mol. The summed E-state index contributed by atoms with van der Waals surface area (Å²) < 4.78 is 0. The Labute approximate surface area is 73.2 Å². The molecule has 2 N–H and O–H groups in total. The van der Waals surface area contributed by atoms with E-state index >= 15 is 0 Å². The standard InChI is InChI=1S/C10H15NO/c1-2-11-7-9-4-3-5-10(6-9)8-12/h3-6,11-12H,2,7-8H2,1H3. The van der Waals surface area contributed by atoms with Gasteiger partial charge in [0.1, 0.15) is 0 Å². The van der Waals surface area contributed by atoms with Gasteiger partial charge in [0.15, 0.2) is 0 Å². The third kappa shape index (κ3) is 2.64. The molecule has 12 heavy (non-hydrogen) atoms. The van der Waals surface area contributed by atoms with E-state index in [1.807, 2.05) is 18.2 Å². The van der Waals surface area contributed by atoms with Crippen molar-refractivity contribution in [1.29, 1.82) is 0 Å². The maximum absolute atomic E-state index is 8.87. The normalized spacial score (nSPS) is 10.2. The maximum atomic E-state index is 8.87. The molecule has 0 aromatic heterocycles. The van der Waals surface area contributed by atoms with Crippen molar-refractivity contribution in [2.75, 3.05) is 6.54 Å². The first kappa shape index (κ1) is 9.23. The first-order valence-electron chi connectivity index (χ1n) is 4.26. The van der Waals surface area contributed by atoms with Gasteiger partial charge in [-0.15, -0.1) is 0 Å². The van der Waals surface area contributed by atoms with E-state index in [1.165, 1.54) is 5.56 Å². The van der Waals surface area contributed by atoms with Gasteiger partial charge in [-0.3, -0.25) is 0 Å². The SMILES string of the molecule is CCNCc1cccc(CO)c1. The van der Waals surface area contributed by atoms with Crippen LogP contribution in [0.15, 0.2) is 24.3 Å². The lowest BCUT2D eigenvalue weighted by Gasteiger charge is -2.03. The third-order valence-electron chi connectivity index (χ3n) is 1.75. The molecule has 0 spiro atoms. The molecule has 0 saturated carbocycles. The number of hydrogen-bond donors (Lipinski definition) is 2. The molecule has 0 atom stereocenters. The zero-order chi connectivity index (χ0) is 8.81. The van der Waals surface area contributed by atoms with Crippen LogP contribution in [0.5, 0.6) is 0 Å². The van der Waals surface area contributed by atoms with Crippen molar-refractivity contribution in [2.45, 2.75) is 20.1 Å². The van der Waals surface area contributed by atoms with Crippen LogP contribution < -0.4 is 5.32 Å². The fourth-order valence-electron chi connectivity index (χ4n) is 1.11. The first-order chi connectivity index (χ1) is 5.86. The number of aliphatic hydroxyl groups is 1.